The van der Waals surface area contributed by atoms with Gasteiger partial charge in [-0.05, 0) is 24.2 Å². The van der Waals surface area contributed by atoms with E-state index >= 15 is 0 Å². The van der Waals surface area contributed by atoms with Gasteiger partial charge in [0.2, 0.25) is 12.4 Å². The van der Waals surface area contributed by atoms with E-state index in [4.69, 9.17) is 33.2 Å². The van der Waals surface area contributed by atoms with Gasteiger partial charge in [-0.15, -0.1) is 0 Å². The van der Waals surface area contributed by atoms with E-state index in [0.717, 1.165) is 20.8 Å². The van der Waals surface area contributed by atoms with E-state index in [1.165, 1.54) is 25.3 Å². The number of ketones is 1. The number of ether oxygens (including phenoxy) is 7. The van der Waals surface area contributed by atoms with Crippen LogP contribution in [0.4, 0.5) is 0 Å². The van der Waals surface area contributed by atoms with Crippen LogP contribution in [-0.4, -0.2) is 95.0 Å². The van der Waals surface area contributed by atoms with Crippen molar-refractivity contribution < 1.29 is 61.9 Å². The average molecular weight is 597 g/mol. The summed E-state index contributed by atoms with van der Waals surface area (Å²) in [6, 6.07) is 4.61. The number of methoxy groups -OCH3 is 1. The van der Waals surface area contributed by atoms with Crippen LogP contribution in [0.1, 0.15) is 41.5 Å². The Balaban J connectivity index is 2.56. The molecule has 1 fully saturated rings. The van der Waals surface area contributed by atoms with Crippen molar-refractivity contribution in [3.05, 3.63) is 29.3 Å². The van der Waals surface area contributed by atoms with Crippen LogP contribution in [0.2, 0.25) is 25.7 Å². The predicted molar refractivity (Wildman–Crippen MR) is 143 cm³/mol. The Morgan fingerprint density at radius 2 is 1.49 bits per heavy atom. The molecule has 5 atom stereocenters. The summed E-state index contributed by atoms with van der Waals surface area (Å²) in [5.74, 6) is -4.14. The lowest BCUT2D eigenvalue weighted by Gasteiger charge is -2.43. The largest absolute Gasteiger partial charge is 0.462 e. The highest BCUT2D eigenvalue weighted by Gasteiger charge is 2.55. The first kappa shape index (κ1) is 33.6. The van der Waals surface area contributed by atoms with Crippen LogP contribution in [0.3, 0.4) is 0 Å². The van der Waals surface area contributed by atoms with Gasteiger partial charge in [0.15, 0.2) is 24.1 Å². The quantitative estimate of drug-likeness (QED) is 0.141. The van der Waals surface area contributed by atoms with Gasteiger partial charge in [0.05, 0.1) is 6.61 Å². The summed E-state index contributed by atoms with van der Waals surface area (Å²) in [5, 5.41) is 0. The number of hydrogen-bond acceptors (Lipinski definition) is 13. The fourth-order valence-corrected chi connectivity index (χ4v) is 4.60. The molecule has 1 aromatic carbocycles. The van der Waals surface area contributed by atoms with E-state index in [1.807, 2.05) is 0 Å². The highest BCUT2D eigenvalue weighted by atomic mass is 28.3. The molecule has 0 unspecified atom stereocenters. The van der Waals surface area contributed by atoms with Gasteiger partial charge >= 0.3 is 23.9 Å². The normalized spacial score (nSPS) is 22.2. The number of benzene rings is 1. The lowest BCUT2D eigenvalue weighted by Crippen LogP contribution is -2.64. The monoisotopic (exact) mass is 596 g/mol. The first-order valence-electron chi connectivity index (χ1n) is 12.8. The number of carbonyl (C=O) groups is 6. The standard InChI is InChI=1S/C27H36O13Si/c1-15(29)36-23-22(20(32)14-34-4)40-27(25(38-17(3)31)24(23)37-16(2)30)39-21-9-8-18(13-28)12-19(21)26(33)35-10-11-41(5,6)7/h8-9,12-13,22-25,27H,10-11,14H2,1-7H3/t22-,23-,24+,25-,27-/m1/s1. The third kappa shape index (κ3) is 10.1. The molecule has 0 N–H and O–H groups in total. The summed E-state index contributed by atoms with van der Waals surface area (Å²) < 4.78 is 38.2. The topological polar surface area (TPSA) is 167 Å². The molecule has 2 rings (SSSR count). The second-order valence-corrected chi connectivity index (χ2v) is 16.1. The van der Waals surface area contributed by atoms with Crippen LogP contribution in [-0.2, 0) is 47.6 Å². The molecule has 1 heterocycles. The number of esters is 4. The first-order valence-corrected chi connectivity index (χ1v) is 16.5. The van der Waals surface area contributed by atoms with Crippen molar-refractivity contribution in [1.29, 1.82) is 0 Å². The van der Waals surface area contributed by atoms with Gasteiger partial charge in [-0.3, -0.25) is 24.0 Å². The molecule has 0 amide bonds. The molecule has 13 nitrogen and oxygen atoms in total. The van der Waals surface area contributed by atoms with Crippen LogP contribution in [0.5, 0.6) is 5.75 Å². The summed E-state index contributed by atoms with van der Waals surface area (Å²) in [6.07, 6.45) is -7.36. The second kappa shape index (κ2) is 14.8. The molecular formula is C27H36O13Si. The lowest BCUT2D eigenvalue weighted by molar-refractivity contribution is -0.278. The fourth-order valence-electron chi connectivity index (χ4n) is 3.89. The number of rotatable bonds is 13. The molecular weight excluding hydrogens is 560 g/mol. The summed E-state index contributed by atoms with van der Waals surface area (Å²) in [7, 11) is -0.275. The molecule has 0 spiro atoms. The SMILES string of the molecule is COCC(=O)[C@H]1O[C@@H](Oc2ccc(C=O)cc2C(=O)OCC[Si](C)(C)C)[C@H](OC(C)=O)[C@@H](OC(C)=O)[C@@H]1OC(C)=O. The Morgan fingerprint density at radius 3 is 2.02 bits per heavy atom. The Bertz CT molecular complexity index is 1140. The van der Waals surface area contributed by atoms with E-state index in [9.17, 15) is 28.8 Å². The summed E-state index contributed by atoms with van der Waals surface area (Å²) in [6.45, 7) is 9.22. The van der Waals surface area contributed by atoms with Crippen molar-refractivity contribution in [1.82, 2.24) is 0 Å². The highest BCUT2D eigenvalue weighted by Crippen LogP contribution is 2.33. The van der Waals surface area contributed by atoms with Crippen molar-refractivity contribution in [2.24, 2.45) is 0 Å². The van der Waals surface area contributed by atoms with Crippen molar-refractivity contribution in [3.8, 4) is 5.75 Å². The molecule has 41 heavy (non-hydrogen) atoms. The zero-order valence-electron chi connectivity index (χ0n) is 24.1. The molecule has 1 aliphatic heterocycles. The van der Waals surface area contributed by atoms with E-state index in [1.54, 1.807) is 0 Å². The van der Waals surface area contributed by atoms with E-state index in [-0.39, 0.29) is 23.5 Å². The van der Waals surface area contributed by atoms with Gasteiger partial charge in [-0.25, -0.2) is 4.79 Å². The summed E-state index contributed by atoms with van der Waals surface area (Å²) in [5.41, 5.74) is 0.0118. The van der Waals surface area contributed by atoms with Crippen molar-refractivity contribution >= 4 is 44.0 Å². The van der Waals surface area contributed by atoms with Crippen LogP contribution >= 0.6 is 0 Å². The maximum atomic E-state index is 13.0. The van der Waals surface area contributed by atoms with Crippen LogP contribution in [0.25, 0.3) is 0 Å². The highest BCUT2D eigenvalue weighted by molar-refractivity contribution is 6.76. The van der Waals surface area contributed by atoms with E-state index < -0.39 is 75.0 Å². The third-order valence-electron chi connectivity index (χ3n) is 5.69. The van der Waals surface area contributed by atoms with Gasteiger partial charge in [-0.1, -0.05) is 19.6 Å². The maximum Gasteiger partial charge on any atom is 0.341 e. The van der Waals surface area contributed by atoms with Crippen molar-refractivity contribution in [2.75, 3.05) is 20.3 Å². The molecule has 1 aromatic rings. The van der Waals surface area contributed by atoms with Crippen LogP contribution < -0.4 is 4.74 Å². The van der Waals surface area contributed by atoms with Gasteiger partial charge in [0, 0.05) is 41.5 Å². The number of carbonyl (C=O) groups excluding carboxylic acids is 6. The average Bonchev–Trinajstić information content (AvgIpc) is 2.85. The number of Topliss-reactive ketones (excluding diaryl/α,β-unsaturated/α-hetero) is 1. The Kier molecular flexibility index (Phi) is 12.2. The van der Waals surface area contributed by atoms with Crippen molar-refractivity contribution in [2.45, 2.75) is 77.2 Å². The number of aldehydes is 1. The van der Waals surface area contributed by atoms with Gasteiger partial charge in [0.25, 0.3) is 0 Å². The Labute approximate surface area is 238 Å². The smallest absolute Gasteiger partial charge is 0.341 e. The minimum atomic E-state index is -1.66. The maximum absolute atomic E-state index is 13.0. The van der Waals surface area contributed by atoms with Gasteiger partial charge in [-0.2, -0.15) is 0 Å². The first-order chi connectivity index (χ1) is 19.2. The lowest BCUT2D eigenvalue weighted by atomic mass is 9.95. The van der Waals surface area contributed by atoms with Gasteiger partial charge < -0.3 is 33.2 Å². The zero-order valence-corrected chi connectivity index (χ0v) is 25.1. The zero-order chi connectivity index (χ0) is 30.9. The second-order valence-electron chi connectivity index (χ2n) is 10.5. The minimum Gasteiger partial charge on any atom is -0.462 e. The summed E-state index contributed by atoms with van der Waals surface area (Å²) >= 11 is 0. The third-order valence-corrected chi connectivity index (χ3v) is 7.40. The molecule has 0 bridgehead atoms. The predicted octanol–water partition coefficient (Wildman–Crippen LogP) is 2.11. The van der Waals surface area contributed by atoms with Crippen LogP contribution in [0, 0.1) is 0 Å². The number of hydrogen-bond donors (Lipinski definition) is 0. The molecule has 14 heteroatoms. The molecule has 0 saturated carbocycles. The molecule has 0 aliphatic carbocycles. The van der Waals surface area contributed by atoms with Crippen molar-refractivity contribution in [3.63, 3.8) is 0 Å². The molecule has 226 valence electrons. The molecule has 1 saturated heterocycles. The molecule has 0 aromatic heterocycles. The van der Waals surface area contributed by atoms with Gasteiger partial charge in [0.1, 0.15) is 24.2 Å². The minimum absolute atomic E-state index is 0.138. The Hall–Kier alpha value is -3.62. The van der Waals surface area contributed by atoms with E-state index in [2.05, 4.69) is 19.6 Å². The fraction of sp³-hybridized carbons (Fsp3) is 0.556. The van der Waals surface area contributed by atoms with E-state index in [0.29, 0.717) is 12.3 Å². The Morgan fingerprint density at radius 1 is 0.902 bits per heavy atom. The summed E-state index contributed by atoms with van der Waals surface area (Å²) in [4.78, 5) is 73.5. The molecule has 0 radical (unpaired) electrons. The van der Waals surface area contributed by atoms with Crippen LogP contribution in [0.15, 0.2) is 18.2 Å². The molecule has 1 aliphatic rings.